The van der Waals surface area contributed by atoms with E-state index in [0.29, 0.717) is 11.7 Å². The van der Waals surface area contributed by atoms with Crippen molar-refractivity contribution in [2.24, 2.45) is 0 Å². The van der Waals surface area contributed by atoms with Crippen LogP contribution in [0.5, 0.6) is 0 Å². The van der Waals surface area contributed by atoms with Gasteiger partial charge in [-0.2, -0.15) is 0 Å². The van der Waals surface area contributed by atoms with Gasteiger partial charge in [-0.15, -0.1) is 11.8 Å². The molecule has 25 heavy (non-hydrogen) atoms. The van der Waals surface area contributed by atoms with Gasteiger partial charge in [-0.3, -0.25) is 0 Å². The lowest BCUT2D eigenvalue weighted by Gasteiger charge is -2.32. The van der Waals surface area contributed by atoms with Gasteiger partial charge in [0, 0.05) is 35.4 Å². The number of fused-ring (bicyclic) bond motifs is 1. The minimum atomic E-state index is -0.101. The number of hydrogen-bond acceptors (Lipinski definition) is 7. The molecule has 0 aliphatic carbocycles. The lowest BCUT2D eigenvalue weighted by Crippen LogP contribution is -2.33. The van der Waals surface area contributed by atoms with E-state index in [9.17, 15) is 0 Å². The molecular formula is C18H20N4O2S. The van der Waals surface area contributed by atoms with Gasteiger partial charge in [0.2, 0.25) is 0 Å². The van der Waals surface area contributed by atoms with Gasteiger partial charge in [-0.25, -0.2) is 9.97 Å². The summed E-state index contributed by atoms with van der Waals surface area (Å²) in [4.78, 5) is 12.5. The van der Waals surface area contributed by atoms with Crippen LogP contribution in [0.1, 0.15) is 30.2 Å². The Kier molecular flexibility index (Phi) is 4.59. The summed E-state index contributed by atoms with van der Waals surface area (Å²) >= 11 is 1.73. The summed E-state index contributed by atoms with van der Waals surface area (Å²) < 4.78 is 5.13. The summed E-state index contributed by atoms with van der Waals surface area (Å²) in [5, 5.41) is 14.3. The molecule has 1 N–H and O–H groups in total. The van der Waals surface area contributed by atoms with Crippen molar-refractivity contribution >= 4 is 28.5 Å². The highest BCUT2D eigenvalue weighted by Gasteiger charge is 2.25. The average Bonchev–Trinajstić information content (AvgIpc) is 3.16. The number of aliphatic hydroxyl groups excluding tert-OH is 1. The summed E-state index contributed by atoms with van der Waals surface area (Å²) in [5.74, 6) is 1.91. The fourth-order valence-electron chi connectivity index (χ4n) is 3.38. The molecule has 1 saturated heterocycles. The zero-order chi connectivity index (χ0) is 17.2. The normalized spacial score (nSPS) is 15.8. The molecule has 0 unspecified atom stereocenters. The second kappa shape index (κ2) is 7.01. The maximum atomic E-state index is 9.13. The second-order valence-corrected chi connectivity index (χ2v) is 7.10. The van der Waals surface area contributed by atoms with Crippen LogP contribution in [0.15, 0.2) is 40.0 Å². The van der Waals surface area contributed by atoms with Gasteiger partial charge < -0.3 is 14.5 Å². The number of rotatable bonds is 4. The average molecular weight is 356 g/mol. The first-order valence-electron chi connectivity index (χ1n) is 8.38. The number of aliphatic hydroxyl groups is 1. The van der Waals surface area contributed by atoms with Crippen molar-refractivity contribution in [2.75, 3.05) is 24.2 Å². The van der Waals surface area contributed by atoms with Crippen LogP contribution in [0.4, 0.5) is 5.82 Å². The van der Waals surface area contributed by atoms with E-state index in [1.807, 2.05) is 6.07 Å². The quantitative estimate of drug-likeness (QED) is 0.719. The number of anilines is 1. The van der Waals surface area contributed by atoms with Gasteiger partial charge in [0.05, 0.1) is 11.2 Å². The number of benzene rings is 1. The van der Waals surface area contributed by atoms with Crippen LogP contribution in [0.2, 0.25) is 0 Å². The molecule has 1 aliphatic rings. The summed E-state index contributed by atoms with van der Waals surface area (Å²) in [5.41, 5.74) is 1.93. The van der Waals surface area contributed by atoms with Gasteiger partial charge in [0.25, 0.3) is 0 Å². The Balaban J connectivity index is 1.55. The van der Waals surface area contributed by atoms with Gasteiger partial charge in [0.15, 0.2) is 5.76 Å². The molecule has 1 aromatic carbocycles. The number of thioether (sulfide) groups is 1. The molecule has 3 aromatic rings. The van der Waals surface area contributed by atoms with Crippen LogP contribution < -0.4 is 4.90 Å². The van der Waals surface area contributed by atoms with Crippen LogP contribution in [-0.2, 0) is 6.61 Å². The molecule has 2 aromatic heterocycles. The zero-order valence-electron chi connectivity index (χ0n) is 14.1. The Morgan fingerprint density at radius 1 is 1.24 bits per heavy atom. The van der Waals surface area contributed by atoms with Crippen molar-refractivity contribution in [1.82, 2.24) is 15.1 Å². The molecule has 0 atom stereocenters. The lowest BCUT2D eigenvalue weighted by atomic mass is 9.93. The second-order valence-electron chi connectivity index (χ2n) is 6.22. The molecule has 1 aliphatic heterocycles. The lowest BCUT2D eigenvalue weighted by molar-refractivity contribution is 0.228. The third kappa shape index (κ3) is 3.21. The van der Waals surface area contributed by atoms with Crippen molar-refractivity contribution in [3.8, 4) is 0 Å². The van der Waals surface area contributed by atoms with E-state index in [2.05, 4.69) is 44.5 Å². The Morgan fingerprint density at radius 3 is 2.80 bits per heavy atom. The minimum Gasteiger partial charge on any atom is -0.388 e. The van der Waals surface area contributed by atoms with Crippen LogP contribution in [-0.4, -0.2) is 39.6 Å². The van der Waals surface area contributed by atoms with Crippen molar-refractivity contribution in [3.63, 3.8) is 0 Å². The fraction of sp³-hybridized carbons (Fsp3) is 0.389. The standard InChI is InChI=1S/C18H20N4O2S/c1-25-14-2-3-16-15(9-14)18(20-11-19-16)22-6-4-12(5-7-22)17-8-13(10-23)24-21-17/h2-3,8-9,11-12,23H,4-7,10H2,1H3. The zero-order valence-corrected chi connectivity index (χ0v) is 14.9. The highest BCUT2D eigenvalue weighted by molar-refractivity contribution is 7.98. The highest BCUT2D eigenvalue weighted by Crippen LogP contribution is 2.33. The van der Waals surface area contributed by atoms with E-state index >= 15 is 0 Å². The molecule has 3 heterocycles. The third-order valence-electron chi connectivity index (χ3n) is 4.77. The van der Waals surface area contributed by atoms with E-state index in [4.69, 9.17) is 9.63 Å². The highest BCUT2D eigenvalue weighted by atomic mass is 32.2. The van der Waals surface area contributed by atoms with Crippen molar-refractivity contribution < 1.29 is 9.63 Å². The molecule has 1 fully saturated rings. The molecule has 7 heteroatoms. The minimum absolute atomic E-state index is 0.101. The van der Waals surface area contributed by atoms with E-state index in [1.54, 1.807) is 18.1 Å². The molecule has 0 saturated carbocycles. The van der Waals surface area contributed by atoms with E-state index in [1.165, 1.54) is 4.90 Å². The number of nitrogens with zero attached hydrogens (tertiary/aromatic N) is 4. The summed E-state index contributed by atoms with van der Waals surface area (Å²) in [6.07, 6.45) is 5.71. The summed E-state index contributed by atoms with van der Waals surface area (Å²) in [6, 6.07) is 8.20. The Labute approximate surface area is 150 Å². The molecule has 0 spiro atoms. The number of piperidine rings is 1. The number of aromatic nitrogens is 3. The molecule has 0 amide bonds. The van der Waals surface area contributed by atoms with Gasteiger partial charge >= 0.3 is 0 Å². The molecular weight excluding hydrogens is 336 g/mol. The van der Waals surface area contributed by atoms with E-state index in [-0.39, 0.29) is 6.61 Å². The molecule has 130 valence electrons. The first-order valence-corrected chi connectivity index (χ1v) is 9.61. The fourth-order valence-corrected chi connectivity index (χ4v) is 3.82. The van der Waals surface area contributed by atoms with E-state index < -0.39 is 0 Å². The summed E-state index contributed by atoms with van der Waals surface area (Å²) in [7, 11) is 0. The van der Waals surface area contributed by atoms with Crippen molar-refractivity contribution in [3.05, 3.63) is 42.0 Å². The van der Waals surface area contributed by atoms with Crippen LogP contribution in [0, 0.1) is 0 Å². The Morgan fingerprint density at radius 2 is 2.08 bits per heavy atom. The maximum Gasteiger partial charge on any atom is 0.162 e. The summed E-state index contributed by atoms with van der Waals surface area (Å²) in [6.45, 7) is 1.74. The van der Waals surface area contributed by atoms with E-state index in [0.717, 1.165) is 48.3 Å². The first kappa shape index (κ1) is 16.4. The van der Waals surface area contributed by atoms with Gasteiger partial charge in [-0.05, 0) is 37.3 Å². The molecule has 0 bridgehead atoms. The largest absolute Gasteiger partial charge is 0.388 e. The maximum absolute atomic E-state index is 9.13. The first-order chi connectivity index (χ1) is 12.3. The van der Waals surface area contributed by atoms with Crippen LogP contribution in [0.25, 0.3) is 10.9 Å². The predicted octanol–water partition coefficient (Wildman–Crippen LogP) is 3.22. The molecule has 4 rings (SSSR count). The SMILES string of the molecule is CSc1ccc2ncnc(N3CCC(c4cc(CO)on4)CC3)c2c1. The van der Waals surface area contributed by atoms with Gasteiger partial charge in [-0.1, -0.05) is 5.16 Å². The monoisotopic (exact) mass is 356 g/mol. The smallest absolute Gasteiger partial charge is 0.162 e. The third-order valence-corrected chi connectivity index (χ3v) is 5.49. The molecule has 0 radical (unpaired) electrons. The predicted molar refractivity (Wildman–Crippen MR) is 97.9 cm³/mol. The van der Waals surface area contributed by atoms with Gasteiger partial charge in [0.1, 0.15) is 18.8 Å². The molecule has 6 nitrogen and oxygen atoms in total. The van der Waals surface area contributed by atoms with Crippen LogP contribution >= 0.6 is 11.8 Å². The Bertz CT molecular complexity index is 874. The van der Waals surface area contributed by atoms with Crippen molar-refractivity contribution in [2.45, 2.75) is 30.3 Å². The van der Waals surface area contributed by atoms with Crippen molar-refractivity contribution in [1.29, 1.82) is 0 Å². The van der Waals surface area contributed by atoms with Crippen LogP contribution in [0.3, 0.4) is 0 Å². The Hall–Kier alpha value is -2.12. The number of hydrogen-bond donors (Lipinski definition) is 1. The topological polar surface area (TPSA) is 75.3 Å².